The average Bonchev–Trinajstić information content (AvgIpc) is 2.72. The Bertz CT molecular complexity index is 723. The van der Waals surface area contributed by atoms with Crippen LogP contribution in [0.3, 0.4) is 0 Å². The molecule has 0 heterocycles. The van der Waals surface area contributed by atoms with E-state index in [2.05, 4.69) is 4.74 Å². The normalized spacial score (nSPS) is 20.6. The van der Waals surface area contributed by atoms with Gasteiger partial charge in [-0.05, 0) is 44.9 Å². The summed E-state index contributed by atoms with van der Waals surface area (Å²) in [5.74, 6) is -0.390. The Balaban J connectivity index is 4.98. The van der Waals surface area contributed by atoms with Crippen molar-refractivity contribution in [2.75, 3.05) is 7.11 Å². The zero-order valence-corrected chi connectivity index (χ0v) is 14.4. The highest BCUT2D eigenvalue weighted by molar-refractivity contribution is 5.69. The Kier molecular flexibility index (Phi) is 8.89. The summed E-state index contributed by atoms with van der Waals surface area (Å²) in [5, 5.41) is 0. The lowest BCUT2D eigenvalue weighted by Crippen LogP contribution is -1.98. The van der Waals surface area contributed by atoms with Gasteiger partial charge in [0.15, 0.2) is 0 Å². The Hall–Kier alpha value is -1.57. The molecule has 0 N–H and O–H groups in total. The molecule has 0 saturated carbocycles. The lowest BCUT2D eigenvalue weighted by Gasteiger charge is -1.95. The molecule has 23 heavy (non-hydrogen) atoms. The first-order valence-corrected chi connectivity index (χ1v) is 8.21. The van der Waals surface area contributed by atoms with Crippen LogP contribution in [0.25, 0.3) is 0 Å². The molecule has 0 aliphatic rings. The first-order valence-electron chi connectivity index (χ1n) is 12.2. The van der Waals surface area contributed by atoms with E-state index in [1.54, 1.807) is 0 Å². The molecule has 130 valence electrons. The minimum atomic E-state index is -0.390. The first kappa shape index (κ1) is 11.1. The van der Waals surface area contributed by atoms with Crippen molar-refractivity contribution in [3.8, 4) is 0 Å². The molecular weight excluding hydrogens is 284 g/mol. The van der Waals surface area contributed by atoms with Crippen LogP contribution >= 0.6 is 0 Å². The van der Waals surface area contributed by atoms with Crippen LogP contribution in [0.2, 0.25) is 0 Å². The summed E-state index contributed by atoms with van der Waals surface area (Å²) >= 11 is 0. The second-order valence-corrected chi connectivity index (χ2v) is 4.83. The molecule has 0 rings (SSSR count). The molecule has 0 unspecified atom stereocenters. The van der Waals surface area contributed by atoms with Crippen molar-refractivity contribution in [3.05, 3.63) is 48.4 Å². The fourth-order valence-corrected chi connectivity index (χ4v) is 1.57. The zero-order valence-electron chi connectivity index (χ0n) is 22.4. The molecule has 0 spiro atoms. The van der Waals surface area contributed by atoms with Crippen molar-refractivity contribution in [2.45, 2.75) is 71.1 Å². The van der Waals surface area contributed by atoms with Gasteiger partial charge in [-0.25, -0.2) is 0 Å². The number of hydrogen-bond acceptors (Lipinski definition) is 2. The number of esters is 1. The molecule has 0 bridgehead atoms. The summed E-state index contributed by atoms with van der Waals surface area (Å²) in [4.78, 5) is 11.1. The maximum atomic E-state index is 11.1. The second-order valence-electron chi connectivity index (χ2n) is 4.83. The summed E-state index contributed by atoms with van der Waals surface area (Å²) in [5.41, 5.74) is 0. The van der Waals surface area contributed by atoms with Crippen molar-refractivity contribution in [2.24, 2.45) is 0 Å². The van der Waals surface area contributed by atoms with Crippen LogP contribution in [-0.4, -0.2) is 13.1 Å². The van der Waals surface area contributed by atoms with Crippen molar-refractivity contribution in [3.63, 3.8) is 0 Å². The number of carbonyl (C=O) groups excluding carboxylic acids is 1. The number of unbranched alkanes of at least 4 members (excludes halogenated alkanes) is 2. The van der Waals surface area contributed by atoms with Crippen molar-refractivity contribution in [1.82, 2.24) is 0 Å². The van der Waals surface area contributed by atoms with Gasteiger partial charge >= 0.3 is 5.97 Å². The number of allylic oxidation sites excluding steroid dienone is 8. The molecule has 0 aromatic carbocycles. The van der Waals surface area contributed by atoms with Crippen LogP contribution < -0.4 is 0 Å². The minimum Gasteiger partial charge on any atom is -0.469 e. The standard InChI is InChI=1S/C21H34O2/c1-3-4-5-6-7-8-9-10-11-12-13-14-15-16-17-18-19-20-21(22)23-2/h7-8,10-11,13-14,16-17H,3-6,9,12,15,18-20H2,1-2H3/b8-7-,11-10-,14-13?,17-16-/i7D,8D,10D,11D,13D,14D,16D,17D. The third-order valence-electron chi connectivity index (χ3n) is 2.85. The molecule has 0 atom stereocenters. The van der Waals surface area contributed by atoms with Gasteiger partial charge in [0.05, 0.1) is 18.1 Å². The summed E-state index contributed by atoms with van der Waals surface area (Å²) in [6.07, 6.45) is 3.33. The summed E-state index contributed by atoms with van der Waals surface area (Å²) in [6, 6.07) is -0.756. The van der Waals surface area contributed by atoms with Gasteiger partial charge < -0.3 is 4.74 Å². The molecule has 0 saturated heterocycles. The highest BCUT2D eigenvalue weighted by Gasteiger charge is 1.96. The average molecular weight is 327 g/mol. The molecule has 0 aromatic rings. The topological polar surface area (TPSA) is 26.3 Å². The van der Waals surface area contributed by atoms with Crippen molar-refractivity contribution in [1.29, 1.82) is 0 Å². The molecule has 0 radical (unpaired) electrons. The Morgan fingerprint density at radius 2 is 1.30 bits per heavy atom. The predicted octanol–water partition coefficient (Wildman–Crippen LogP) is 6.31. The number of methoxy groups -OCH3 is 1. The molecule has 0 amide bonds. The number of hydrogen-bond donors (Lipinski definition) is 0. The van der Waals surface area contributed by atoms with Crippen LogP contribution in [0, 0.1) is 0 Å². The smallest absolute Gasteiger partial charge is 0.305 e. The molecule has 0 aromatic heterocycles. The van der Waals surface area contributed by atoms with E-state index in [1.807, 2.05) is 6.92 Å². The van der Waals surface area contributed by atoms with E-state index in [9.17, 15) is 4.79 Å². The fourth-order valence-electron chi connectivity index (χ4n) is 1.57. The Labute approximate surface area is 154 Å². The highest BCUT2D eigenvalue weighted by atomic mass is 16.5. The largest absolute Gasteiger partial charge is 0.469 e. The lowest BCUT2D eigenvalue weighted by molar-refractivity contribution is -0.140. The monoisotopic (exact) mass is 326 g/mol. The summed E-state index contributed by atoms with van der Waals surface area (Å²) in [7, 11) is 1.28. The summed E-state index contributed by atoms with van der Waals surface area (Å²) in [6.45, 7) is 2.05. The number of carbonyl (C=O) groups is 1. The van der Waals surface area contributed by atoms with E-state index in [0.29, 0.717) is 12.8 Å². The maximum Gasteiger partial charge on any atom is 0.305 e. The van der Waals surface area contributed by atoms with Crippen LogP contribution in [0.15, 0.2) is 48.4 Å². The van der Waals surface area contributed by atoms with Crippen LogP contribution in [0.5, 0.6) is 0 Å². The highest BCUT2D eigenvalue weighted by Crippen LogP contribution is 2.01. The molecule has 2 nitrogen and oxygen atoms in total. The number of rotatable bonds is 14. The molecular formula is C21H34O2. The van der Waals surface area contributed by atoms with E-state index in [-0.39, 0.29) is 86.5 Å². The van der Waals surface area contributed by atoms with Crippen molar-refractivity contribution < 1.29 is 20.5 Å². The molecule has 2 heteroatoms. The van der Waals surface area contributed by atoms with E-state index in [1.165, 1.54) is 7.11 Å². The molecule has 0 aliphatic heterocycles. The SMILES string of the molecule is [2H]C(C/C([2H])=C(/[2H])CCCC(=O)OC)=C([2H])C/C([2H])=C(/[2H])C/C([2H])=C(/[2H])CCCCC. The van der Waals surface area contributed by atoms with Crippen LogP contribution in [-0.2, 0) is 9.53 Å². The second kappa shape index (κ2) is 18.5. The van der Waals surface area contributed by atoms with Gasteiger partial charge in [-0.2, -0.15) is 0 Å². The van der Waals surface area contributed by atoms with Crippen LogP contribution in [0.4, 0.5) is 0 Å². The Morgan fingerprint density at radius 3 is 1.78 bits per heavy atom. The third kappa shape index (κ3) is 18.4. The van der Waals surface area contributed by atoms with Gasteiger partial charge in [0.1, 0.15) is 0 Å². The van der Waals surface area contributed by atoms with E-state index < -0.39 is 0 Å². The van der Waals surface area contributed by atoms with Gasteiger partial charge in [-0.15, -0.1) is 0 Å². The fraction of sp³-hybridized carbons (Fsp3) is 0.571. The lowest BCUT2D eigenvalue weighted by atomic mass is 10.2. The Morgan fingerprint density at radius 1 is 0.826 bits per heavy atom. The quantitative estimate of drug-likeness (QED) is 0.212. The third-order valence-corrected chi connectivity index (χ3v) is 2.85. The predicted molar refractivity (Wildman–Crippen MR) is 100 cm³/mol. The van der Waals surface area contributed by atoms with E-state index in [4.69, 9.17) is 11.0 Å². The van der Waals surface area contributed by atoms with Gasteiger partial charge in [0.25, 0.3) is 0 Å². The van der Waals surface area contributed by atoms with Gasteiger partial charge in [0.2, 0.25) is 0 Å². The van der Waals surface area contributed by atoms with E-state index in [0.717, 1.165) is 19.3 Å². The zero-order chi connectivity index (χ0) is 24.0. The first-order chi connectivity index (χ1) is 14.5. The summed E-state index contributed by atoms with van der Waals surface area (Å²) < 4.78 is 67.9. The van der Waals surface area contributed by atoms with Gasteiger partial charge in [-0.1, -0.05) is 68.2 Å². The molecule has 0 fully saturated rings. The molecule has 0 aliphatic carbocycles. The van der Waals surface area contributed by atoms with Gasteiger partial charge in [-0.3, -0.25) is 4.79 Å². The van der Waals surface area contributed by atoms with Crippen LogP contribution in [0.1, 0.15) is 82.1 Å². The maximum absolute atomic E-state index is 11.1. The van der Waals surface area contributed by atoms with E-state index >= 15 is 0 Å². The minimum absolute atomic E-state index is 0.00496. The number of ether oxygens (including phenoxy) is 1. The van der Waals surface area contributed by atoms with Gasteiger partial charge in [0, 0.05) is 6.42 Å². The van der Waals surface area contributed by atoms with Crippen molar-refractivity contribution >= 4 is 5.97 Å².